The molecular formula is C22H28ClN3O6. The van der Waals surface area contributed by atoms with Crippen LogP contribution in [0, 0.1) is 0 Å². The number of hydrogen-bond acceptors (Lipinski definition) is 7. The number of anilines is 1. The van der Waals surface area contributed by atoms with Crippen molar-refractivity contribution in [3.05, 3.63) is 40.9 Å². The number of methoxy groups -OCH3 is 4. The highest BCUT2D eigenvalue weighted by Gasteiger charge is 2.15. The largest absolute Gasteiger partial charge is 0.495 e. The predicted molar refractivity (Wildman–Crippen MR) is 122 cm³/mol. The summed E-state index contributed by atoms with van der Waals surface area (Å²) in [4.78, 5) is 26.3. The fourth-order valence-corrected chi connectivity index (χ4v) is 3.18. The maximum Gasteiger partial charge on any atom is 0.238 e. The smallest absolute Gasteiger partial charge is 0.238 e. The Morgan fingerprint density at radius 3 is 2.03 bits per heavy atom. The zero-order valence-corrected chi connectivity index (χ0v) is 19.5. The maximum atomic E-state index is 12.3. The van der Waals surface area contributed by atoms with Crippen molar-refractivity contribution in [1.29, 1.82) is 0 Å². The molecule has 0 aliphatic carbocycles. The molecule has 2 aromatic carbocycles. The van der Waals surface area contributed by atoms with Crippen LogP contribution in [0.15, 0.2) is 30.3 Å². The Bertz CT molecular complexity index is 928. The Morgan fingerprint density at radius 2 is 1.47 bits per heavy atom. The van der Waals surface area contributed by atoms with Gasteiger partial charge in [-0.05, 0) is 42.9 Å². The lowest BCUT2D eigenvalue weighted by Gasteiger charge is -2.17. The second-order valence-electron chi connectivity index (χ2n) is 6.88. The topological polar surface area (TPSA) is 98.4 Å². The fraction of sp³-hybridized carbons (Fsp3) is 0.364. The first-order valence-electron chi connectivity index (χ1n) is 9.68. The molecule has 2 aromatic rings. The molecule has 0 aliphatic heterocycles. The molecule has 10 heteroatoms. The van der Waals surface area contributed by atoms with E-state index in [-0.39, 0.29) is 31.4 Å². The molecule has 9 nitrogen and oxygen atoms in total. The van der Waals surface area contributed by atoms with Gasteiger partial charge in [-0.3, -0.25) is 14.5 Å². The summed E-state index contributed by atoms with van der Waals surface area (Å²) in [6.45, 7) is 0.299. The summed E-state index contributed by atoms with van der Waals surface area (Å²) in [7, 11) is 7.75. The van der Waals surface area contributed by atoms with E-state index in [1.54, 1.807) is 42.3 Å². The van der Waals surface area contributed by atoms with Gasteiger partial charge in [-0.25, -0.2) is 0 Å². The summed E-state index contributed by atoms with van der Waals surface area (Å²) < 4.78 is 21.1. The zero-order valence-electron chi connectivity index (χ0n) is 18.8. The first-order valence-corrected chi connectivity index (χ1v) is 10.1. The van der Waals surface area contributed by atoms with E-state index in [9.17, 15) is 9.59 Å². The minimum Gasteiger partial charge on any atom is -0.495 e. The van der Waals surface area contributed by atoms with Gasteiger partial charge in [0, 0.05) is 11.6 Å². The summed E-state index contributed by atoms with van der Waals surface area (Å²) in [5.74, 6) is 1.43. The second kappa shape index (κ2) is 12.0. The van der Waals surface area contributed by atoms with Crippen molar-refractivity contribution in [1.82, 2.24) is 10.2 Å². The summed E-state index contributed by atoms with van der Waals surface area (Å²) in [6, 6.07) is 8.45. The molecule has 0 atom stereocenters. The summed E-state index contributed by atoms with van der Waals surface area (Å²) in [6.07, 6.45) is 0. The molecule has 0 heterocycles. The van der Waals surface area contributed by atoms with E-state index < -0.39 is 0 Å². The van der Waals surface area contributed by atoms with Crippen molar-refractivity contribution in [2.24, 2.45) is 0 Å². The highest BCUT2D eigenvalue weighted by atomic mass is 35.5. The second-order valence-corrected chi connectivity index (χ2v) is 7.31. The number of nitrogens with one attached hydrogen (secondary N) is 2. The number of carbonyl (C=O) groups is 2. The van der Waals surface area contributed by atoms with Crippen molar-refractivity contribution >= 4 is 29.1 Å². The highest BCUT2D eigenvalue weighted by Crippen LogP contribution is 2.38. The molecule has 2 N–H and O–H groups in total. The number of ether oxygens (including phenoxy) is 4. The number of nitrogens with zero attached hydrogens (tertiary/aromatic N) is 1. The van der Waals surface area contributed by atoms with Crippen molar-refractivity contribution in [3.8, 4) is 23.0 Å². The molecule has 0 unspecified atom stereocenters. The number of amides is 2. The lowest BCUT2D eigenvalue weighted by Crippen LogP contribution is -2.38. The molecule has 0 spiro atoms. The van der Waals surface area contributed by atoms with Crippen LogP contribution in [0.3, 0.4) is 0 Å². The van der Waals surface area contributed by atoms with Gasteiger partial charge < -0.3 is 29.6 Å². The van der Waals surface area contributed by atoms with Gasteiger partial charge in [0.2, 0.25) is 17.6 Å². The van der Waals surface area contributed by atoms with Gasteiger partial charge in [-0.2, -0.15) is 0 Å². The normalized spacial score (nSPS) is 10.5. The molecule has 0 bridgehead atoms. The fourth-order valence-electron chi connectivity index (χ4n) is 3.01. The third-order valence-electron chi connectivity index (χ3n) is 4.48. The lowest BCUT2D eigenvalue weighted by molar-refractivity contribution is -0.123. The van der Waals surface area contributed by atoms with Gasteiger partial charge in [0.15, 0.2) is 11.5 Å². The molecule has 0 aliphatic rings. The van der Waals surface area contributed by atoms with Crippen LogP contribution in [0.5, 0.6) is 23.0 Å². The van der Waals surface area contributed by atoms with Crippen molar-refractivity contribution in [2.75, 3.05) is 53.9 Å². The van der Waals surface area contributed by atoms with Crippen molar-refractivity contribution < 1.29 is 28.5 Å². The Morgan fingerprint density at radius 1 is 0.875 bits per heavy atom. The third kappa shape index (κ3) is 6.93. The average molecular weight is 466 g/mol. The molecular weight excluding hydrogens is 438 g/mol. The van der Waals surface area contributed by atoms with E-state index in [1.807, 2.05) is 0 Å². The van der Waals surface area contributed by atoms with Crippen LogP contribution in [0.1, 0.15) is 5.56 Å². The van der Waals surface area contributed by atoms with E-state index in [0.717, 1.165) is 5.56 Å². The van der Waals surface area contributed by atoms with Crippen LogP contribution in [0.25, 0.3) is 0 Å². The number of rotatable bonds is 11. The first-order chi connectivity index (χ1) is 15.3. The predicted octanol–water partition coefficient (Wildman–Crippen LogP) is 2.56. The molecule has 2 rings (SSSR count). The maximum absolute atomic E-state index is 12.3. The molecule has 32 heavy (non-hydrogen) atoms. The van der Waals surface area contributed by atoms with E-state index in [1.165, 1.54) is 28.4 Å². The van der Waals surface area contributed by atoms with Crippen LogP contribution in [-0.4, -0.2) is 65.3 Å². The minimum absolute atomic E-state index is 0.00721. The SMILES string of the molecule is COc1ccc(Cl)cc1NC(=O)CN(C)CC(=O)NCc1cc(OC)c(OC)c(OC)c1. The monoisotopic (exact) mass is 465 g/mol. The summed E-state index contributed by atoms with van der Waals surface area (Å²) >= 11 is 5.98. The Kier molecular flexibility index (Phi) is 9.42. The van der Waals surface area contributed by atoms with Crippen molar-refractivity contribution in [3.63, 3.8) is 0 Å². The molecule has 2 amide bonds. The van der Waals surface area contributed by atoms with E-state index in [4.69, 9.17) is 30.5 Å². The van der Waals surface area contributed by atoms with Crippen LogP contribution in [0.2, 0.25) is 5.02 Å². The summed E-state index contributed by atoms with van der Waals surface area (Å²) in [5, 5.41) is 6.03. The number of carbonyl (C=O) groups excluding carboxylic acids is 2. The number of hydrogen-bond donors (Lipinski definition) is 2. The van der Waals surface area contributed by atoms with Crippen LogP contribution >= 0.6 is 11.6 Å². The number of likely N-dealkylation sites (N-methyl/N-ethyl adjacent to an activating group) is 1. The van der Waals surface area contributed by atoms with Crippen molar-refractivity contribution in [2.45, 2.75) is 6.54 Å². The average Bonchev–Trinajstić information content (AvgIpc) is 2.76. The van der Waals surface area contributed by atoms with E-state index >= 15 is 0 Å². The molecule has 0 fully saturated rings. The zero-order chi connectivity index (χ0) is 23.7. The van der Waals surface area contributed by atoms with Gasteiger partial charge in [-0.1, -0.05) is 11.6 Å². The highest BCUT2D eigenvalue weighted by molar-refractivity contribution is 6.31. The van der Waals surface area contributed by atoms with Gasteiger partial charge in [0.25, 0.3) is 0 Å². The molecule has 0 saturated heterocycles. The van der Waals surface area contributed by atoms with E-state index in [0.29, 0.717) is 33.7 Å². The Balaban J connectivity index is 1.89. The Labute approximate surface area is 192 Å². The van der Waals surface area contributed by atoms with Gasteiger partial charge >= 0.3 is 0 Å². The standard InChI is InChI=1S/C22H28ClN3O6/c1-26(13-21(28)25-16-10-15(23)6-7-17(16)29-2)12-20(27)24-11-14-8-18(30-3)22(32-5)19(9-14)31-4/h6-10H,11-13H2,1-5H3,(H,24,27)(H,25,28). The minimum atomic E-state index is -0.300. The van der Waals surface area contributed by atoms with Gasteiger partial charge in [0.05, 0.1) is 47.2 Å². The Hall–Kier alpha value is -3.17. The van der Waals surface area contributed by atoms with Gasteiger partial charge in [0.1, 0.15) is 5.75 Å². The van der Waals surface area contributed by atoms with Crippen LogP contribution < -0.4 is 29.6 Å². The molecule has 174 valence electrons. The quantitative estimate of drug-likeness (QED) is 0.526. The van der Waals surface area contributed by atoms with Gasteiger partial charge in [-0.15, -0.1) is 0 Å². The summed E-state index contributed by atoms with van der Waals surface area (Å²) in [5.41, 5.74) is 1.24. The van der Waals surface area contributed by atoms with Crippen LogP contribution in [-0.2, 0) is 16.1 Å². The molecule has 0 aromatic heterocycles. The number of benzene rings is 2. The first kappa shape index (κ1) is 25.1. The third-order valence-corrected chi connectivity index (χ3v) is 4.71. The molecule has 0 saturated carbocycles. The lowest BCUT2D eigenvalue weighted by atomic mass is 10.1. The van der Waals surface area contributed by atoms with E-state index in [2.05, 4.69) is 10.6 Å². The van der Waals surface area contributed by atoms with Crippen LogP contribution in [0.4, 0.5) is 5.69 Å². The number of halogens is 1. The molecule has 0 radical (unpaired) electrons.